The Labute approximate surface area is 154 Å². The van der Waals surface area contributed by atoms with Crippen LogP contribution in [0.3, 0.4) is 0 Å². The van der Waals surface area contributed by atoms with Gasteiger partial charge in [0.25, 0.3) is 0 Å². The van der Waals surface area contributed by atoms with Crippen molar-refractivity contribution in [1.82, 2.24) is 20.0 Å². The molecule has 0 unspecified atom stereocenters. The lowest BCUT2D eigenvalue weighted by atomic mass is 10.2. The van der Waals surface area contributed by atoms with Crippen LogP contribution in [0, 0.1) is 0 Å². The molecule has 1 aliphatic carbocycles. The maximum Gasteiger partial charge on any atom is 0.242 e. The highest BCUT2D eigenvalue weighted by Crippen LogP contribution is 2.40. The van der Waals surface area contributed by atoms with Crippen LogP contribution in [0.25, 0.3) is 11.5 Å². The molecule has 1 N–H and O–H groups in total. The minimum absolute atomic E-state index is 0.115. The lowest BCUT2D eigenvalue weighted by Gasteiger charge is -2.06. The molecule has 1 saturated carbocycles. The van der Waals surface area contributed by atoms with Crippen molar-refractivity contribution in [3.8, 4) is 17.3 Å². The second kappa shape index (κ2) is 6.17. The number of sulfonamides is 1. The zero-order valence-electron chi connectivity index (χ0n) is 14.2. The molecule has 0 amide bonds. The van der Waals surface area contributed by atoms with Gasteiger partial charge in [0, 0.05) is 18.4 Å². The van der Waals surface area contributed by atoms with E-state index in [1.165, 1.54) is 6.07 Å². The molecule has 2 aromatic heterocycles. The van der Waals surface area contributed by atoms with Crippen molar-refractivity contribution in [1.29, 1.82) is 0 Å². The van der Waals surface area contributed by atoms with E-state index in [1.54, 1.807) is 18.2 Å². The fourth-order valence-corrected chi connectivity index (χ4v) is 3.98. The maximum atomic E-state index is 12.5. The Morgan fingerprint density at radius 1 is 1.15 bits per heavy atom. The van der Waals surface area contributed by atoms with Crippen LogP contribution in [0.2, 0.25) is 0 Å². The largest absolute Gasteiger partial charge is 0.493 e. The van der Waals surface area contributed by atoms with Crippen LogP contribution in [0.1, 0.15) is 36.0 Å². The Morgan fingerprint density at radius 2 is 2.04 bits per heavy atom. The zero-order chi connectivity index (χ0) is 18.4. The fourth-order valence-electron chi connectivity index (χ4n) is 2.96. The Morgan fingerprint density at radius 3 is 2.89 bits per heavy atom. The second-order valence-corrected chi connectivity index (χ2v) is 8.36. The van der Waals surface area contributed by atoms with E-state index in [1.807, 2.05) is 0 Å². The molecule has 1 fully saturated rings. The Bertz CT molecular complexity index is 1100. The van der Waals surface area contributed by atoms with Crippen molar-refractivity contribution in [2.24, 2.45) is 0 Å². The van der Waals surface area contributed by atoms with Gasteiger partial charge in [-0.05, 0) is 36.6 Å². The molecule has 0 bridgehead atoms. The third-order valence-electron chi connectivity index (χ3n) is 4.59. The summed E-state index contributed by atoms with van der Waals surface area (Å²) < 4.78 is 43.3. The normalized spacial score (nSPS) is 16.3. The van der Waals surface area contributed by atoms with Gasteiger partial charge in [0.05, 0.1) is 18.0 Å². The number of aromatic nitrogens is 3. The van der Waals surface area contributed by atoms with Crippen LogP contribution in [-0.4, -0.2) is 30.3 Å². The first-order valence-corrected chi connectivity index (χ1v) is 10.1. The van der Waals surface area contributed by atoms with Crippen LogP contribution in [0.4, 0.5) is 0 Å². The highest BCUT2D eigenvalue weighted by Gasteiger charge is 2.29. The molecule has 0 saturated heterocycles. The van der Waals surface area contributed by atoms with Gasteiger partial charge in [-0.25, -0.2) is 13.1 Å². The summed E-state index contributed by atoms with van der Waals surface area (Å²) in [7, 11) is -3.70. The first kappa shape index (κ1) is 16.5. The SMILES string of the molecule is O=S(=O)(NCc1nc(-c2cc(C3CC3)on2)no1)c1ccc2c(c1)CCO2. The van der Waals surface area contributed by atoms with Crippen molar-refractivity contribution in [3.05, 3.63) is 41.5 Å². The summed E-state index contributed by atoms with van der Waals surface area (Å²) in [5.41, 5.74) is 1.36. The minimum atomic E-state index is -3.70. The van der Waals surface area contributed by atoms with E-state index in [4.69, 9.17) is 13.8 Å². The molecule has 0 atom stereocenters. The van der Waals surface area contributed by atoms with Gasteiger partial charge in [-0.2, -0.15) is 4.98 Å². The number of ether oxygens (including phenoxy) is 1. The van der Waals surface area contributed by atoms with Gasteiger partial charge < -0.3 is 13.8 Å². The lowest BCUT2D eigenvalue weighted by molar-refractivity contribution is 0.356. The second-order valence-electron chi connectivity index (χ2n) is 6.59. The van der Waals surface area contributed by atoms with Gasteiger partial charge in [-0.3, -0.25) is 0 Å². The molecule has 3 heterocycles. The number of hydrogen-bond donors (Lipinski definition) is 1. The third kappa shape index (κ3) is 3.21. The molecule has 140 valence electrons. The quantitative estimate of drug-likeness (QED) is 0.681. The molecule has 9 nitrogen and oxygen atoms in total. The number of nitrogens with one attached hydrogen (secondary N) is 1. The molecule has 27 heavy (non-hydrogen) atoms. The Kier molecular flexibility index (Phi) is 3.76. The zero-order valence-corrected chi connectivity index (χ0v) is 15.0. The summed E-state index contributed by atoms with van der Waals surface area (Å²) in [6, 6.07) is 6.60. The van der Waals surface area contributed by atoms with Crippen molar-refractivity contribution < 1.29 is 22.2 Å². The van der Waals surface area contributed by atoms with Crippen LogP contribution in [0.5, 0.6) is 5.75 Å². The predicted molar refractivity (Wildman–Crippen MR) is 91.4 cm³/mol. The van der Waals surface area contributed by atoms with Gasteiger partial charge in [0.1, 0.15) is 11.5 Å². The van der Waals surface area contributed by atoms with Crippen molar-refractivity contribution >= 4 is 10.0 Å². The average Bonchev–Trinajstić information content (AvgIpc) is 3.08. The Balaban J connectivity index is 1.28. The van der Waals surface area contributed by atoms with E-state index in [-0.39, 0.29) is 23.2 Å². The minimum Gasteiger partial charge on any atom is -0.493 e. The topological polar surface area (TPSA) is 120 Å². The summed E-state index contributed by atoms with van der Waals surface area (Å²) in [5.74, 6) is 2.40. The van der Waals surface area contributed by atoms with E-state index >= 15 is 0 Å². The molecular formula is C17H16N4O5S. The summed E-state index contributed by atoms with van der Waals surface area (Å²) in [6.45, 7) is 0.456. The standard InChI is InChI=1S/C17H16N4O5S/c22-27(23,12-3-4-14-11(7-12)5-6-24-14)18-9-16-19-17(21-26-16)13-8-15(25-20-13)10-1-2-10/h3-4,7-8,10,18H,1-2,5-6,9H2. The summed E-state index contributed by atoms with van der Waals surface area (Å²) in [5, 5.41) is 7.78. The highest BCUT2D eigenvalue weighted by atomic mass is 32.2. The van der Waals surface area contributed by atoms with Crippen LogP contribution < -0.4 is 9.46 Å². The molecule has 10 heteroatoms. The van der Waals surface area contributed by atoms with Gasteiger partial charge >= 0.3 is 0 Å². The number of hydrogen-bond acceptors (Lipinski definition) is 8. The maximum absolute atomic E-state index is 12.5. The van der Waals surface area contributed by atoms with Crippen LogP contribution in [0.15, 0.2) is 38.2 Å². The van der Waals surface area contributed by atoms with Crippen molar-refractivity contribution in [3.63, 3.8) is 0 Å². The highest BCUT2D eigenvalue weighted by molar-refractivity contribution is 7.89. The van der Waals surface area contributed by atoms with E-state index in [0.717, 1.165) is 29.9 Å². The van der Waals surface area contributed by atoms with E-state index < -0.39 is 10.0 Å². The molecule has 1 aromatic carbocycles. The molecule has 3 aromatic rings. The molecule has 1 aliphatic heterocycles. The van der Waals surface area contributed by atoms with E-state index in [9.17, 15) is 8.42 Å². The number of nitrogens with zero attached hydrogens (tertiary/aromatic N) is 3. The number of rotatable bonds is 6. The average molecular weight is 388 g/mol. The van der Waals surface area contributed by atoms with Crippen molar-refractivity contribution in [2.75, 3.05) is 6.61 Å². The van der Waals surface area contributed by atoms with Crippen LogP contribution >= 0.6 is 0 Å². The first-order chi connectivity index (χ1) is 13.1. The number of benzene rings is 1. The van der Waals surface area contributed by atoms with E-state index in [0.29, 0.717) is 24.6 Å². The third-order valence-corrected chi connectivity index (χ3v) is 5.99. The van der Waals surface area contributed by atoms with Gasteiger partial charge in [0.2, 0.25) is 21.7 Å². The molecule has 0 radical (unpaired) electrons. The fraction of sp³-hybridized carbons (Fsp3) is 0.353. The van der Waals surface area contributed by atoms with Crippen molar-refractivity contribution in [2.45, 2.75) is 36.6 Å². The molecule has 0 spiro atoms. The van der Waals surface area contributed by atoms with Gasteiger partial charge in [-0.1, -0.05) is 10.3 Å². The van der Waals surface area contributed by atoms with Gasteiger partial charge in [-0.15, -0.1) is 0 Å². The summed E-state index contributed by atoms with van der Waals surface area (Å²) >= 11 is 0. The van der Waals surface area contributed by atoms with Crippen LogP contribution in [-0.2, 0) is 23.0 Å². The molecule has 5 rings (SSSR count). The lowest BCUT2D eigenvalue weighted by Crippen LogP contribution is -2.23. The van der Waals surface area contributed by atoms with Gasteiger partial charge in [0.15, 0.2) is 5.69 Å². The monoisotopic (exact) mass is 388 g/mol. The molecular weight excluding hydrogens is 372 g/mol. The number of fused-ring (bicyclic) bond motifs is 1. The summed E-state index contributed by atoms with van der Waals surface area (Å²) in [4.78, 5) is 4.36. The first-order valence-electron chi connectivity index (χ1n) is 8.63. The van der Waals surface area contributed by atoms with E-state index in [2.05, 4.69) is 20.0 Å². The summed E-state index contributed by atoms with van der Waals surface area (Å²) in [6.07, 6.45) is 2.90. The smallest absolute Gasteiger partial charge is 0.242 e. The molecule has 2 aliphatic rings. The Hall–Kier alpha value is -2.72. The predicted octanol–water partition coefficient (Wildman–Crippen LogP) is 2.02.